The Morgan fingerprint density at radius 1 is 1.08 bits per heavy atom. The van der Waals surface area contributed by atoms with E-state index in [9.17, 15) is 17.6 Å². The number of hydrogen-bond acceptors (Lipinski definition) is 4. The van der Waals surface area contributed by atoms with Gasteiger partial charge in [0.1, 0.15) is 0 Å². The van der Waals surface area contributed by atoms with E-state index >= 15 is 0 Å². The van der Waals surface area contributed by atoms with Gasteiger partial charge < -0.3 is 4.74 Å². The normalized spacial score (nSPS) is 11.6. The van der Waals surface area contributed by atoms with E-state index in [1.54, 1.807) is 44.2 Å². The van der Waals surface area contributed by atoms with Gasteiger partial charge in [-0.1, -0.05) is 30.3 Å². The van der Waals surface area contributed by atoms with Crippen molar-refractivity contribution in [3.8, 4) is 5.75 Å². The molecule has 0 aliphatic carbocycles. The molecule has 0 unspecified atom stereocenters. The molecular formula is C19H21FO4S. The van der Waals surface area contributed by atoms with Crippen molar-refractivity contribution in [3.05, 3.63) is 65.0 Å². The first-order chi connectivity index (χ1) is 11.7. The maximum Gasteiger partial charge on any atom is 0.167 e. The molecule has 25 heavy (non-hydrogen) atoms. The summed E-state index contributed by atoms with van der Waals surface area (Å²) >= 11 is 0. The number of hydrogen-bond donors (Lipinski definition) is 0. The maximum atomic E-state index is 13.7. The molecule has 0 N–H and O–H groups in total. The summed E-state index contributed by atoms with van der Waals surface area (Å²) in [5.74, 6) is -0.597. The second kappa shape index (κ2) is 7.78. The van der Waals surface area contributed by atoms with Gasteiger partial charge in [-0.3, -0.25) is 4.79 Å². The lowest BCUT2D eigenvalue weighted by atomic mass is 10.0. The van der Waals surface area contributed by atoms with Crippen molar-refractivity contribution < 1.29 is 22.3 Å². The van der Waals surface area contributed by atoms with E-state index in [0.29, 0.717) is 16.7 Å². The van der Waals surface area contributed by atoms with Gasteiger partial charge in [0.25, 0.3) is 0 Å². The number of carbonyl (C=O) groups excluding carboxylic acids is 1. The minimum absolute atomic E-state index is 0.0527. The highest BCUT2D eigenvalue weighted by Crippen LogP contribution is 2.19. The summed E-state index contributed by atoms with van der Waals surface area (Å²) in [6.07, 6.45) is 0.0601. The number of carbonyl (C=O) groups is 1. The molecule has 134 valence electrons. The zero-order valence-electron chi connectivity index (χ0n) is 14.5. The van der Waals surface area contributed by atoms with Crippen LogP contribution < -0.4 is 4.74 Å². The fourth-order valence-corrected chi connectivity index (χ4v) is 3.28. The van der Waals surface area contributed by atoms with Gasteiger partial charge >= 0.3 is 0 Å². The van der Waals surface area contributed by atoms with Gasteiger partial charge in [-0.15, -0.1) is 0 Å². The van der Waals surface area contributed by atoms with E-state index in [1.807, 2.05) is 0 Å². The van der Waals surface area contributed by atoms with Crippen LogP contribution in [0.25, 0.3) is 0 Å². The number of ketones is 1. The molecule has 0 aromatic heterocycles. The first-order valence-corrected chi connectivity index (χ1v) is 9.60. The zero-order chi connectivity index (χ0) is 18.6. The second-order valence-corrected chi connectivity index (χ2v) is 8.68. The number of methoxy groups -OCH3 is 1. The summed E-state index contributed by atoms with van der Waals surface area (Å²) in [6, 6.07) is 10.9. The third-order valence-corrected chi connectivity index (χ3v) is 6.12. The summed E-state index contributed by atoms with van der Waals surface area (Å²) in [5, 5.41) is -0.446. The second-order valence-electron chi connectivity index (χ2n) is 6.12. The van der Waals surface area contributed by atoms with Crippen molar-refractivity contribution >= 4 is 15.6 Å². The number of ether oxygens (including phenoxy) is 1. The van der Waals surface area contributed by atoms with Crippen LogP contribution in [0.4, 0.5) is 4.39 Å². The lowest BCUT2D eigenvalue weighted by molar-refractivity contribution is 0.0993. The molecule has 4 nitrogen and oxygen atoms in total. The van der Waals surface area contributed by atoms with Crippen LogP contribution in [0.2, 0.25) is 0 Å². The smallest absolute Gasteiger partial charge is 0.167 e. The maximum absolute atomic E-state index is 13.7. The number of benzene rings is 2. The Balaban J connectivity index is 2.09. The standard InChI is InChI=1S/C19H21FO4S/c1-13(2)25(22,23)12-14-4-7-16(8-5-14)18(21)11-15-6-9-19(24-3)17(20)10-15/h4-10,13H,11-12H2,1-3H3. The molecule has 0 aliphatic heterocycles. The highest BCUT2D eigenvalue weighted by Gasteiger charge is 2.17. The summed E-state index contributed by atoms with van der Waals surface area (Å²) in [7, 11) is -1.80. The topological polar surface area (TPSA) is 60.4 Å². The van der Waals surface area contributed by atoms with Gasteiger partial charge in [0.05, 0.1) is 18.1 Å². The van der Waals surface area contributed by atoms with Crippen LogP contribution in [0.5, 0.6) is 5.75 Å². The highest BCUT2D eigenvalue weighted by atomic mass is 32.2. The van der Waals surface area contributed by atoms with Crippen molar-refractivity contribution in [3.63, 3.8) is 0 Å². The molecule has 0 bridgehead atoms. The molecule has 2 aromatic carbocycles. The van der Waals surface area contributed by atoms with E-state index in [0.717, 1.165) is 0 Å². The molecular weight excluding hydrogens is 343 g/mol. The molecule has 0 radical (unpaired) electrons. The molecule has 0 amide bonds. The number of halogens is 1. The van der Waals surface area contributed by atoms with Crippen LogP contribution in [0.3, 0.4) is 0 Å². The minimum atomic E-state index is -3.18. The third-order valence-electron chi connectivity index (χ3n) is 3.94. The predicted octanol–water partition coefficient (Wildman–Crippen LogP) is 3.58. The van der Waals surface area contributed by atoms with E-state index in [-0.39, 0.29) is 23.7 Å². The summed E-state index contributed by atoms with van der Waals surface area (Å²) < 4.78 is 42.4. The Bertz CT molecular complexity index is 855. The van der Waals surface area contributed by atoms with E-state index in [1.165, 1.54) is 19.2 Å². The molecule has 0 aliphatic rings. The zero-order valence-corrected chi connectivity index (χ0v) is 15.3. The predicted molar refractivity (Wildman–Crippen MR) is 95.2 cm³/mol. The molecule has 0 fully saturated rings. The number of sulfone groups is 1. The first kappa shape index (κ1) is 19.1. The molecule has 0 heterocycles. The van der Waals surface area contributed by atoms with Gasteiger partial charge in [0.2, 0.25) is 0 Å². The van der Waals surface area contributed by atoms with Gasteiger partial charge in [-0.2, -0.15) is 0 Å². The number of rotatable bonds is 7. The fraction of sp³-hybridized carbons (Fsp3) is 0.316. The Labute approximate surface area is 147 Å². The van der Waals surface area contributed by atoms with Gasteiger partial charge in [-0.25, -0.2) is 12.8 Å². The first-order valence-electron chi connectivity index (χ1n) is 7.89. The Kier molecular flexibility index (Phi) is 5.95. The molecule has 0 saturated carbocycles. The average Bonchev–Trinajstić information content (AvgIpc) is 2.55. The summed E-state index contributed by atoms with van der Waals surface area (Å²) in [6.45, 7) is 3.28. The molecule has 2 rings (SSSR count). The van der Waals surface area contributed by atoms with Crippen LogP contribution in [0.15, 0.2) is 42.5 Å². The Morgan fingerprint density at radius 2 is 1.68 bits per heavy atom. The van der Waals surface area contributed by atoms with Crippen LogP contribution in [0, 0.1) is 5.82 Å². The quantitative estimate of drug-likeness (QED) is 0.705. The lowest BCUT2D eigenvalue weighted by Crippen LogP contribution is -2.16. The lowest BCUT2D eigenvalue weighted by Gasteiger charge is -2.08. The Morgan fingerprint density at radius 3 is 2.20 bits per heavy atom. The Hall–Kier alpha value is -2.21. The van der Waals surface area contributed by atoms with Crippen LogP contribution in [-0.2, 0) is 22.0 Å². The summed E-state index contributed by atoms with van der Waals surface area (Å²) in [5.41, 5.74) is 1.65. The largest absolute Gasteiger partial charge is 0.494 e. The van der Waals surface area contributed by atoms with Crippen LogP contribution in [-0.4, -0.2) is 26.6 Å². The van der Waals surface area contributed by atoms with E-state index in [4.69, 9.17) is 4.74 Å². The third kappa shape index (κ3) is 4.89. The molecule has 2 aromatic rings. The monoisotopic (exact) mass is 364 g/mol. The van der Waals surface area contributed by atoms with E-state index in [2.05, 4.69) is 0 Å². The molecule has 0 atom stereocenters. The van der Waals surface area contributed by atoms with Crippen molar-refractivity contribution in [2.75, 3.05) is 7.11 Å². The minimum Gasteiger partial charge on any atom is -0.494 e. The van der Waals surface area contributed by atoms with Crippen molar-refractivity contribution in [2.45, 2.75) is 31.3 Å². The van der Waals surface area contributed by atoms with Gasteiger partial charge in [0.15, 0.2) is 27.2 Å². The fourth-order valence-electron chi connectivity index (χ4n) is 2.29. The highest BCUT2D eigenvalue weighted by molar-refractivity contribution is 7.91. The summed E-state index contributed by atoms with van der Waals surface area (Å²) in [4.78, 5) is 12.3. The number of Topliss-reactive ketones (excluding diaryl/α,β-unsaturated/α-hetero) is 1. The van der Waals surface area contributed by atoms with Crippen LogP contribution in [0.1, 0.15) is 35.3 Å². The average molecular weight is 364 g/mol. The SMILES string of the molecule is COc1ccc(CC(=O)c2ccc(CS(=O)(=O)C(C)C)cc2)cc1F. The van der Waals surface area contributed by atoms with Gasteiger partial charge in [0, 0.05) is 12.0 Å². The van der Waals surface area contributed by atoms with Gasteiger partial charge in [-0.05, 0) is 37.1 Å². The van der Waals surface area contributed by atoms with Crippen molar-refractivity contribution in [1.29, 1.82) is 0 Å². The molecule has 0 saturated heterocycles. The van der Waals surface area contributed by atoms with E-state index < -0.39 is 20.9 Å². The molecule has 0 spiro atoms. The van der Waals surface area contributed by atoms with Crippen molar-refractivity contribution in [1.82, 2.24) is 0 Å². The van der Waals surface area contributed by atoms with Crippen LogP contribution >= 0.6 is 0 Å². The van der Waals surface area contributed by atoms with Crippen molar-refractivity contribution in [2.24, 2.45) is 0 Å². The molecule has 6 heteroatoms.